The largest absolute Gasteiger partial charge is 0.345 e. The number of rotatable bonds is 1. The number of piperidine rings is 1. The molecular weight excluding hydrogens is 336 g/mol. The molecular formula is C22H20N4O. The second-order valence-corrected chi connectivity index (χ2v) is 8.61. The second-order valence-electron chi connectivity index (χ2n) is 8.61. The van der Waals surface area contributed by atoms with Gasteiger partial charge in [0.15, 0.2) is 0 Å². The van der Waals surface area contributed by atoms with Crippen LogP contribution in [0.3, 0.4) is 0 Å². The van der Waals surface area contributed by atoms with E-state index in [9.17, 15) is 10.1 Å². The Hall–Kier alpha value is -2.87. The van der Waals surface area contributed by atoms with Crippen LogP contribution < -0.4 is 0 Å². The maximum atomic E-state index is 13.3. The minimum absolute atomic E-state index is 0.0215. The summed E-state index contributed by atoms with van der Waals surface area (Å²) in [6.45, 7) is 2.35. The molecule has 0 radical (unpaired) electrons. The molecule has 1 saturated heterocycles. The molecule has 5 nitrogen and oxygen atoms in total. The highest BCUT2D eigenvalue weighted by Gasteiger charge is 2.70. The van der Waals surface area contributed by atoms with Crippen molar-refractivity contribution in [1.29, 1.82) is 5.26 Å². The standard InChI is InChI=1S/C22H20N4O/c1-22-9-19-20(22)18(8-14-6-12(10-23)2-4-15(14)22)26(19)21(27)13-3-5-16-17(7-13)25-11-24-16/h3-7,11-12,18-20H,2,8-9H2,1H3,(H,24,25)/t12?,18-,19?,20-,22+/m1/s1. The number of benzene rings is 1. The summed E-state index contributed by atoms with van der Waals surface area (Å²) in [4.78, 5) is 22.7. The first-order valence-corrected chi connectivity index (χ1v) is 9.67. The molecule has 134 valence electrons. The third-order valence-corrected chi connectivity index (χ3v) is 7.35. The predicted octanol–water partition coefficient (Wildman–Crippen LogP) is 3.58. The molecule has 1 amide bonds. The molecule has 5 heteroatoms. The van der Waals surface area contributed by atoms with E-state index in [0.29, 0.717) is 12.0 Å². The van der Waals surface area contributed by atoms with Gasteiger partial charge in [0.25, 0.3) is 5.91 Å². The van der Waals surface area contributed by atoms with Gasteiger partial charge in [-0.3, -0.25) is 4.79 Å². The van der Waals surface area contributed by atoms with Gasteiger partial charge in [-0.15, -0.1) is 0 Å². The summed E-state index contributed by atoms with van der Waals surface area (Å²) in [6.07, 6.45) is 8.87. The minimum atomic E-state index is -0.0215. The van der Waals surface area contributed by atoms with Crippen LogP contribution in [0.5, 0.6) is 0 Å². The normalized spacial score (nSPS) is 35.8. The zero-order chi connectivity index (χ0) is 18.3. The van der Waals surface area contributed by atoms with E-state index in [2.05, 4.69) is 40.0 Å². The van der Waals surface area contributed by atoms with Gasteiger partial charge in [-0.1, -0.05) is 19.1 Å². The molecule has 1 aromatic heterocycles. The SMILES string of the molecule is C[C@@]12CC3[C@H]1[C@@H](CC1=CC(C#N)CC=C12)N3C(=O)c1ccc2nc[nH]c2c1. The van der Waals surface area contributed by atoms with E-state index in [0.717, 1.165) is 35.9 Å². The average molecular weight is 356 g/mol. The van der Waals surface area contributed by atoms with Crippen molar-refractivity contribution in [3.8, 4) is 6.07 Å². The maximum absolute atomic E-state index is 13.3. The summed E-state index contributed by atoms with van der Waals surface area (Å²) in [5.74, 6) is 0.673. The van der Waals surface area contributed by atoms with Gasteiger partial charge >= 0.3 is 0 Å². The topological polar surface area (TPSA) is 72.8 Å². The number of hydrogen-bond donors (Lipinski definition) is 1. The van der Waals surface area contributed by atoms with Crippen molar-refractivity contribution in [2.75, 3.05) is 0 Å². The predicted molar refractivity (Wildman–Crippen MR) is 101 cm³/mol. The number of carbonyl (C=O) groups excluding carboxylic acids is 1. The number of fused-ring (bicyclic) bond motifs is 3. The molecule has 1 aromatic carbocycles. The quantitative estimate of drug-likeness (QED) is 0.849. The monoisotopic (exact) mass is 356 g/mol. The maximum Gasteiger partial charge on any atom is 0.254 e. The van der Waals surface area contributed by atoms with Crippen LogP contribution in [-0.2, 0) is 0 Å². The van der Waals surface area contributed by atoms with Crippen LogP contribution in [0.25, 0.3) is 11.0 Å². The Morgan fingerprint density at radius 3 is 3.15 bits per heavy atom. The Balaban J connectivity index is 1.34. The number of H-pyrrole nitrogens is 1. The van der Waals surface area contributed by atoms with Gasteiger partial charge in [0.1, 0.15) is 0 Å². The highest BCUT2D eigenvalue weighted by atomic mass is 16.2. The van der Waals surface area contributed by atoms with E-state index in [1.165, 1.54) is 11.1 Å². The molecule has 27 heavy (non-hydrogen) atoms. The van der Waals surface area contributed by atoms with Gasteiger partial charge in [-0.2, -0.15) is 5.26 Å². The molecule has 1 aliphatic heterocycles. The second kappa shape index (κ2) is 4.89. The number of nitriles is 1. The van der Waals surface area contributed by atoms with Gasteiger partial charge in [0, 0.05) is 29.0 Å². The minimum Gasteiger partial charge on any atom is -0.345 e. The smallest absolute Gasteiger partial charge is 0.254 e. The van der Waals surface area contributed by atoms with Gasteiger partial charge in [-0.25, -0.2) is 4.98 Å². The lowest BCUT2D eigenvalue weighted by Crippen LogP contribution is -2.79. The summed E-state index contributed by atoms with van der Waals surface area (Å²) in [5.41, 5.74) is 5.45. The number of aromatic amines is 1. The molecule has 2 unspecified atom stereocenters. The van der Waals surface area contributed by atoms with E-state index < -0.39 is 0 Å². The number of aromatic nitrogens is 2. The van der Waals surface area contributed by atoms with E-state index in [-0.39, 0.29) is 23.3 Å². The van der Waals surface area contributed by atoms with Crippen molar-refractivity contribution in [2.45, 2.75) is 38.3 Å². The molecule has 0 bridgehead atoms. The lowest BCUT2D eigenvalue weighted by atomic mass is 9.42. The van der Waals surface area contributed by atoms with Crippen LogP contribution >= 0.6 is 0 Å². The van der Waals surface area contributed by atoms with Crippen molar-refractivity contribution in [3.63, 3.8) is 0 Å². The number of amides is 1. The molecule has 4 aliphatic rings. The van der Waals surface area contributed by atoms with Crippen molar-refractivity contribution >= 4 is 16.9 Å². The van der Waals surface area contributed by atoms with E-state index in [1.54, 1.807) is 6.33 Å². The van der Waals surface area contributed by atoms with Crippen LogP contribution in [0.2, 0.25) is 0 Å². The Morgan fingerprint density at radius 1 is 1.41 bits per heavy atom. The zero-order valence-electron chi connectivity index (χ0n) is 15.1. The van der Waals surface area contributed by atoms with Crippen LogP contribution in [0.15, 0.2) is 47.8 Å². The first-order chi connectivity index (χ1) is 13.1. The van der Waals surface area contributed by atoms with Crippen LogP contribution in [-0.4, -0.2) is 32.9 Å². The van der Waals surface area contributed by atoms with Crippen molar-refractivity contribution < 1.29 is 4.79 Å². The Labute approximate surface area is 157 Å². The lowest BCUT2D eigenvalue weighted by molar-refractivity contribution is -0.177. The fourth-order valence-electron chi connectivity index (χ4n) is 6.14. The molecule has 0 spiro atoms. The van der Waals surface area contributed by atoms with Crippen LogP contribution in [0.1, 0.15) is 36.5 Å². The number of nitrogens with zero attached hydrogens (tertiary/aromatic N) is 3. The third-order valence-electron chi connectivity index (χ3n) is 7.35. The fourth-order valence-corrected chi connectivity index (χ4v) is 6.14. The first-order valence-electron chi connectivity index (χ1n) is 9.67. The van der Waals surface area contributed by atoms with Crippen LogP contribution in [0.4, 0.5) is 0 Å². The Morgan fingerprint density at radius 2 is 2.30 bits per heavy atom. The molecule has 2 saturated carbocycles. The van der Waals surface area contributed by atoms with E-state index in [4.69, 9.17) is 0 Å². The van der Waals surface area contributed by atoms with Gasteiger partial charge in [-0.05, 0) is 48.6 Å². The number of allylic oxidation sites excluding steroid dienone is 3. The molecule has 2 aromatic rings. The van der Waals surface area contributed by atoms with E-state index >= 15 is 0 Å². The lowest BCUT2D eigenvalue weighted by Gasteiger charge is -2.74. The summed E-state index contributed by atoms with van der Waals surface area (Å²) in [6, 6.07) is 8.71. The molecule has 3 aliphatic carbocycles. The van der Waals surface area contributed by atoms with Crippen molar-refractivity contribution in [3.05, 3.63) is 53.4 Å². The number of likely N-dealkylation sites (tertiary alicyclic amines) is 1. The summed E-state index contributed by atoms with van der Waals surface area (Å²) < 4.78 is 0. The number of imidazole rings is 1. The molecule has 6 rings (SSSR count). The molecule has 3 fully saturated rings. The molecule has 5 atom stereocenters. The van der Waals surface area contributed by atoms with E-state index in [1.807, 2.05) is 18.2 Å². The Kier molecular flexibility index (Phi) is 2.76. The highest BCUT2D eigenvalue weighted by Crippen LogP contribution is 2.68. The number of nitrogens with one attached hydrogen (secondary N) is 1. The third kappa shape index (κ3) is 1.78. The van der Waals surface area contributed by atoms with Gasteiger partial charge < -0.3 is 9.88 Å². The average Bonchev–Trinajstić information content (AvgIpc) is 3.12. The van der Waals surface area contributed by atoms with Gasteiger partial charge in [0.05, 0.1) is 29.3 Å². The van der Waals surface area contributed by atoms with Crippen molar-refractivity contribution in [2.24, 2.45) is 17.3 Å². The number of carbonyl (C=O) groups is 1. The highest BCUT2D eigenvalue weighted by molar-refractivity contribution is 5.98. The molecule has 1 N–H and O–H groups in total. The van der Waals surface area contributed by atoms with Crippen molar-refractivity contribution in [1.82, 2.24) is 14.9 Å². The fraction of sp³-hybridized carbons (Fsp3) is 0.409. The first kappa shape index (κ1) is 15.2. The van der Waals surface area contributed by atoms with Gasteiger partial charge in [0.2, 0.25) is 0 Å². The zero-order valence-corrected chi connectivity index (χ0v) is 15.1. The molecule has 2 heterocycles. The summed E-state index contributed by atoms with van der Waals surface area (Å²) >= 11 is 0. The van der Waals surface area contributed by atoms with Crippen LogP contribution in [0, 0.1) is 28.6 Å². The summed E-state index contributed by atoms with van der Waals surface area (Å²) in [5, 5.41) is 9.31. The summed E-state index contributed by atoms with van der Waals surface area (Å²) in [7, 11) is 0. The Bertz CT molecular complexity index is 1100. The number of hydrogen-bond acceptors (Lipinski definition) is 3.